The number of carboxylic acids is 1. The largest absolute Gasteiger partial charge is 0.545 e. The molecule has 0 spiro atoms. The summed E-state index contributed by atoms with van der Waals surface area (Å²) in [4.78, 5) is 22.7. The maximum Gasteiger partial charge on any atom is 0.338 e. The summed E-state index contributed by atoms with van der Waals surface area (Å²) in [5, 5.41) is 10.9. The van der Waals surface area contributed by atoms with Crippen molar-refractivity contribution in [3.8, 4) is 0 Å². The van der Waals surface area contributed by atoms with Crippen LogP contribution in [0.2, 0.25) is 0 Å². The summed E-state index contributed by atoms with van der Waals surface area (Å²) in [5.41, 5.74) is -0.0671. The van der Waals surface area contributed by atoms with Gasteiger partial charge in [-0.15, -0.1) is 0 Å². The molecule has 1 aromatic carbocycles. The Morgan fingerprint density at radius 2 is 1.52 bits per heavy atom. The monoisotopic (exact) mass is 291 g/mol. The summed E-state index contributed by atoms with van der Waals surface area (Å²) in [6, 6.07) is 5.95. The van der Waals surface area contributed by atoms with E-state index in [2.05, 4.69) is 6.92 Å². The molecule has 1 aromatic rings. The van der Waals surface area contributed by atoms with Crippen LogP contribution in [0.5, 0.6) is 0 Å². The Kier molecular flexibility index (Phi) is 8.17. The number of rotatable bonds is 10. The Morgan fingerprint density at radius 3 is 2.14 bits per heavy atom. The van der Waals surface area contributed by atoms with Crippen LogP contribution >= 0.6 is 0 Å². The number of ether oxygens (including phenoxy) is 1. The van der Waals surface area contributed by atoms with Crippen molar-refractivity contribution in [2.45, 2.75) is 51.9 Å². The molecule has 0 saturated heterocycles. The lowest BCUT2D eigenvalue weighted by Gasteiger charge is -2.10. The van der Waals surface area contributed by atoms with Crippen molar-refractivity contribution in [3.63, 3.8) is 0 Å². The van der Waals surface area contributed by atoms with Crippen molar-refractivity contribution in [1.29, 1.82) is 0 Å². The van der Waals surface area contributed by atoms with Gasteiger partial charge < -0.3 is 14.6 Å². The third-order valence-corrected chi connectivity index (χ3v) is 3.35. The average Bonchev–Trinajstić information content (AvgIpc) is 2.49. The van der Waals surface area contributed by atoms with Gasteiger partial charge in [0.05, 0.1) is 18.1 Å². The highest BCUT2D eigenvalue weighted by Crippen LogP contribution is 2.11. The third kappa shape index (κ3) is 6.43. The number of hydrogen-bond acceptors (Lipinski definition) is 4. The van der Waals surface area contributed by atoms with Crippen LogP contribution in [-0.4, -0.2) is 18.5 Å². The fourth-order valence-electron chi connectivity index (χ4n) is 2.14. The fraction of sp³-hybridized carbons (Fsp3) is 0.529. The Morgan fingerprint density at radius 1 is 0.952 bits per heavy atom. The van der Waals surface area contributed by atoms with Gasteiger partial charge in [-0.1, -0.05) is 63.6 Å². The number of benzene rings is 1. The number of aromatic carboxylic acids is 1. The molecule has 0 radical (unpaired) electrons. The third-order valence-electron chi connectivity index (χ3n) is 3.35. The molecule has 4 heteroatoms. The molecule has 0 aliphatic heterocycles. The highest BCUT2D eigenvalue weighted by Gasteiger charge is 2.12. The Labute approximate surface area is 126 Å². The number of unbranched alkanes of at least 4 members (excludes halogenated alkanes) is 6. The minimum Gasteiger partial charge on any atom is -0.545 e. The predicted molar refractivity (Wildman–Crippen MR) is 79.0 cm³/mol. The van der Waals surface area contributed by atoms with Crippen molar-refractivity contribution in [3.05, 3.63) is 35.4 Å². The van der Waals surface area contributed by atoms with Crippen LogP contribution < -0.4 is 5.11 Å². The summed E-state index contributed by atoms with van der Waals surface area (Å²) < 4.78 is 5.12. The lowest BCUT2D eigenvalue weighted by Crippen LogP contribution is -2.25. The number of esters is 1. The smallest absolute Gasteiger partial charge is 0.338 e. The second-order valence-corrected chi connectivity index (χ2v) is 5.09. The van der Waals surface area contributed by atoms with E-state index in [-0.39, 0.29) is 11.1 Å². The summed E-state index contributed by atoms with van der Waals surface area (Å²) in [7, 11) is 0. The van der Waals surface area contributed by atoms with Crippen molar-refractivity contribution < 1.29 is 19.4 Å². The molecular weight excluding hydrogens is 268 g/mol. The normalized spacial score (nSPS) is 10.3. The molecule has 0 fully saturated rings. The first-order chi connectivity index (χ1) is 10.2. The van der Waals surface area contributed by atoms with E-state index in [9.17, 15) is 14.7 Å². The quantitative estimate of drug-likeness (QED) is 0.491. The van der Waals surface area contributed by atoms with Gasteiger partial charge in [-0.3, -0.25) is 0 Å². The molecular formula is C17H23O4-. The molecule has 0 atom stereocenters. The molecule has 0 amide bonds. The van der Waals surface area contributed by atoms with Gasteiger partial charge in [0.25, 0.3) is 0 Å². The fourth-order valence-corrected chi connectivity index (χ4v) is 2.14. The summed E-state index contributed by atoms with van der Waals surface area (Å²) in [5.74, 6) is -1.96. The van der Waals surface area contributed by atoms with E-state index in [1.54, 1.807) is 12.1 Å². The topological polar surface area (TPSA) is 66.4 Å². The highest BCUT2D eigenvalue weighted by atomic mass is 16.5. The van der Waals surface area contributed by atoms with Crippen LogP contribution in [0.15, 0.2) is 24.3 Å². The zero-order chi connectivity index (χ0) is 15.5. The minimum absolute atomic E-state index is 0.0560. The first-order valence-corrected chi connectivity index (χ1v) is 7.64. The van der Waals surface area contributed by atoms with Crippen LogP contribution in [0, 0.1) is 0 Å². The van der Waals surface area contributed by atoms with Gasteiger partial charge in [0.15, 0.2) is 0 Å². The lowest BCUT2D eigenvalue weighted by atomic mass is 10.1. The number of hydrogen-bond donors (Lipinski definition) is 0. The van der Waals surface area contributed by atoms with Crippen LogP contribution in [-0.2, 0) is 4.74 Å². The van der Waals surface area contributed by atoms with Gasteiger partial charge in [-0.25, -0.2) is 4.79 Å². The van der Waals surface area contributed by atoms with Gasteiger partial charge >= 0.3 is 5.97 Å². The van der Waals surface area contributed by atoms with Gasteiger partial charge in [-0.05, 0) is 12.5 Å². The van der Waals surface area contributed by atoms with Gasteiger partial charge in [0.2, 0.25) is 0 Å². The molecule has 1 rings (SSSR count). The van der Waals surface area contributed by atoms with E-state index in [0.717, 1.165) is 19.3 Å². The van der Waals surface area contributed by atoms with Gasteiger partial charge in [-0.2, -0.15) is 0 Å². The predicted octanol–water partition coefficient (Wildman–Crippen LogP) is 2.96. The Hall–Kier alpha value is -1.84. The number of carbonyl (C=O) groups excluding carboxylic acids is 2. The first-order valence-electron chi connectivity index (χ1n) is 7.64. The van der Waals surface area contributed by atoms with Crippen molar-refractivity contribution in [2.24, 2.45) is 0 Å². The van der Waals surface area contributed by atoms with E-state index >= 15 is 0 Å². The van der Waals surface area contributed by atoms with E-state index in [0.29, 0.717) is 6.61 Å². The standard InChI is InChI=1S/C17H24O4/c1-2-3-4-5-6-7-10-13-21-17(20)15-12-9-8-11-14(15)16(18)19/h8-9,11-12H,2-7,10,13H2,1H3,(H,18,19)/p-1. The Balaban J connectivity index is 2.27. The molecule has 21 heavy (non-hydrogen) atoms. The van der Waals surface area contributed by atoms with Crippen molar-refractivity contribution in [2.75, 3.05) is 6.61 Å². The van der Waals surface area contributed by atoms with E-state index in [4.69, 9.17) is 4.74 Å². The van der Waals surface area contributed by atoms with Gasteiger partial charge in [0, 0.05) is 5.56 Å². The molecule has 116 valence electrons. The van der Waals surface area contributed by atoms with E-state index in [1.165, 1.54) is 37.8 Å². The molecule has 0 aromatic heterocycles. The lowest BCUT2D eigenvalue weighted by molar-refractivity contribution is -0.255. The number of carboxylic acid groups (broad SMARTS) is 1. The summed E-state index contributed by atoms with van der Waals surface area (Å²) in [6.45, 7) is 2.51. The second-order valence-electron chi connectivity index (χ2n) is 5.09. The Bertz CT molecular complexity index is 454. The molecule has 0 unspecified atom stereocenters. The average molecular weight is 291 g/mol. The highest BCUT2D eigenvalue weighted by molar-refractivity contribution is 6.01. The summed E-state index contributed by atoms with van der Waals surface area (Å²) in [6.07, 6.45) is 7.96. The molecule has 0 aliphatic rings. The molecule has 0 bridgehead atoms. The van der Waals surface area contributed by atoms with Gasteiger partial charge in [0.1, 0.15) is 0 Å². The van der Waals surface area contributed by atoms with Crippen LogP contribution in [0.3, 0.4) is 0 Å². The van der Waals surface area contributed by atoms with Crippen LogP contribution in [0.25, 0.3) is 0 Å². The maximum absolute atomic E-state index is 11.8. The minimum atomic E-state index is -1.36. The molecule has 4 nitrogen and oxygen atoms in total. The summed E-state index contributed by atoms with van der Waals surface area (Å²) >= 11 is 0. The molecule has 0 N–H and O–H groups in total. The van der Waals surface area contributed by atoms with Crippen LogP contribution in [0.4, 0.5) is 0 Å². The maximum atomic E-state index is 11.8. The first kappa shape index (κ1) is 17.2. The second kappa shape index (κ2) is 9.97. The molecule has 0 heterocycles. The molecule has 0 aliphatic carbocycles. The van der Waals surface area contributed by atoms with Crippen molar-refractivity contribution >= 4 is 11.9 Å². The number of carbonyl (C=O) groups is 2. The van der Waals surface area contributed by atoms with Crippen LogP contribution in [0.1, 0.15) is 72.6 Å². The molecule has 0 saturated carbocycles. The van der Waals surface area contributed by atoms with Crippen molar-refractivity contribution in [1.82, 2.24) is 0 Å². The zero-order valence-corrected chi connectivity index (χ0v) is 12.6. The van der Waals surface area contributed by atoms with E-state index < -0.39 is 11.9 Å². The zero-order valence-electron chi connectivity index (χ0n) is 12.6. The SMILES string of the molecule is CCCCCCCCCOC(=O)c1ccccc1C(=O)[O-]. The van der Waals surface area contributed by atoms with E-state index in [1.807, 2.05) is 0 Å².